The summed E-state index contributed by atoms with van der Waals surface area (Å²) in [6, 6.07) is 16.8. The summed E-state index contributed by atoms with van der Waals surface area (Å²) >= 11 is 6.32. The molecule has 0 aliphatic rings. The number of rotatable bonds is 5. The van der Waals surface area contributed by atoms with Crippen LogP contribution in [0.25, 0.3) is 0 Å². The van der Waals surface area contributed by atoms with Gasteiger partial charge in [0, 0.05) is 17.5 Å². The van der Waals surface area contributed by atoms with Crippen LogP contribution < -0.4 is 5.32 Å². The first-order valence-electron chi connectivity index (χ1n) is 6.65. The standard InChI is InChI=1S/C17H20ClN/c1-13-6-5-7-14(10-13)11-15(12-19-2)16-8-3-4-9-17(16)18/h3-10,15,19H,11-12H2,1-2H3. The highest BCUT2D eigenvalue weighted by Gasteiger charge is 2.14. The van der Waals surface area contributed by atoms with Crippen molar-refractivity contribution in [2.75, 3.05) is 13.6 Å². The van der Waals surface area contributed by atoms with Gasteiger partial charge in [-0.05, 0) is 37.6 Å². The molecule has 0 amide bonds. The maximum Gasteiger partial charge on any atom is 0.0441 e. The van der Waals surface area contributed by atoms with E-state index in [2.05, 4.69) is 48.6 Å². The molecule has 0 radical (unpaired) electrons. The van der Waals surface area contributed by atoms with Crippen LogP contribution in [-0.2, 0) is 6.42 Å². The fraction of sp³-hybridized carbons (Fsp3) is 0.294. The molecule has 0 aliphatic heterocycles. The first-order valence-corrected chi connectivity index (χ1v) is 7.03. The highest BCUT2D eigenvalue weighted by Crippen LogP contribution is 2.27. The van der Waals surface area contributed by atoms with Gasteiger partial charge >= 0.3 is 0 Å². The van der Waals surface area contributed by atoms with E-state index in [0.717, 1.165) is 18.0 Å². The zero-order valence-electron chi connectivity index (χ0n) is 11.5. The predicted molar refractivity (Wildman–Crippen MR) is 83.0 cm³/mol. The van der Waals surface area contributed by atoms with E-state index in [1.807, 2.05) is 19.2 Å². The lowest BCUT2D eigenvalue weighted by molar-refractivity contribution is 0.626. The van der Waals surface area contributed by atoms with E-state index in [-0.39, 0.29) is 0 Å². The van der Waals surface area contributed by atoms with E-state index >= 15 is 0 Å². The van der Waals surface area contributed by atoms with Crippen LogP contribution in [-0.4, -0.2) is 13.6 Å². The Hall–Kier alpha value is -1.31. The molecule has 1 N–H and O–H groups in total. The zero-order chi connectivity index (χ0) is 13.7. The summed E-state index contributed by atoms with van der Waals surface area (Å²) in [5.41, 5.74) is 3.89. The minimum atomic E-state index is 0.403. The van der Waals surface area contributed by atoms with Gasteiger partial charge in [-0.1, -0.05) is 59.6 Å². The molecule has 1 unspecified atom stereocenters. The molecule has 0 bridgehead atoms. The van der Waals surface area contributed by atoms with Gasteiger partial charge in [0.2, 0.25) is 0 Å². The molecule has 0 fully saturated rings. The first kappa shape index (κ1) is 14.1. The van der Waals surface area contributed by atoms with Crippen molar-refractivity contribution in [3.8, 4) is 0 Å². The van der Waals surface area contributed by atoms with Crippen LogP contribution in [0.5, 0.6) is 0 Å². The predicted octanol–water partition coefficient (Wildman–Crippen LogP) is 4.19. The molecule has 0 aromatic heterocycles. The van der Waals surface area contributed by atoms with Crippen molar-refractivity contribution in [1.29, 1.82) is 0 Å². The lowest BCUT2D eigenvalue weighted by atomic mass is 9.91. The van der Waals surface area contributed by atoms with Crippen molar-refractivity contribution in [3.63, 3.8) is 0 Å². The Bertz CT molecular complexity index is 536. The summed E-state index contributed by atoms with van der Waals surface area (Å²) < 4.78 is 0. The molecule has 1 atom stereocenters. The lowest BCUT2D eigenvalue weighted by Gasteiger charge is -2.18. The average molecular weight is 274 g/mol. The Labute approximate surface area is 120 Å². The number of aryl methyl sites for hydroxylation is 1. The molecule has 2 aromatic rings. The van der Waals surface area contributed by atoms with E-state index in [1.165, 1.54) is 16.7 Å². The van der Waals surface area contributed by atoms with Gasteiger partial charge in [0.25, 0.3) is 0 Å². The van der Waals surface area contributed by atoms with Gasteiger partial charge in [0.05, 0.1) is 0 Å². The summed E-state index contributed by atoms with van der Waals surface area (Å²) in [7, 11) is 1.99. The molecule has 0 saturated carbocycles. The Kier molecular flexibility index (Phi) is 5.00. The van der Waals surface area contributed by atoms with Gasteiger partial charge in [0.15, 0.2) is 0 Å². The fourth-order valence-corrected chi connectivity index (χ4v) is 2.76. The zero-order valence-corrected chi connectivity index (χ0v) is 12.2. The third-order valence-corrected chi connectivity index (χ3v) is 3.70. The van der Waals surface area contributed by atoms with Gasteiger partial charge in [0.1, 0.15) is 0 Å². The van der Waals surface area contributed by atoms with Crippen molar-refractivity contribution in [2.24, 2.45) is 0 Å². The second-order valence-electron chi connectivity index (χ2n) is 4.97. The number of benzene rings is 2. The summed E-state index contributed by atoms with van der Waals surface area (Å²) in [6.45, 7) is 3.06. The minimum Gasteiger partial charge on any atom is -0.319 e. The third-order valence-electron chi connectivity index (χ3n) is 3.36. The van der Waals surface area contributed by atoms with Crippen molar-refractivity contribution < 1.29 is 0 Å². The van der Waals surface area contributed by atoms with Crippen LogP contribution in [0.2, 0.25) is 5.02 Å². The van der Waals surface area contributed by atoms with Crippen LogP contribution in [0.15, 0.2) is 48.5 Å². The average Bonchev–Trinajstić information content (AvgIpc) is 2.39. The van der Waals surface area contributed by atoms with Gasteiger partial charge in [-0.2, -0.15) is 0 Å². The highest BCUT2D eigenvalue weighted by atomic mass is 35.5. The van der Waals surface area contributed by atoms with Crippen molar-refractivity contribution in [1.82, 2.24) is 5.32 Å². The highest BCUT2D eigenvalue weighted by molar-refractivity contribution is 6.31. The maximum absolute atomic E-state index is 6.32. The van der Waals surface area contributed by atoms with Crippen LogP contribution in [0.3, 0.4) is 0 Å². The smallest absolute Gasteiger partial charge is 0.0441 e. The van der Waals surface area contributed by atoms with E-state index in [4.69, 9.17) is 11.6 Å². The van der Waals surface area contributed by atoms with Crippen LogP contribution in [0.1, 0.15) is 22.6 Å². The number of likely N-dealkylation sites (N-methyl/N-ethyl adjacent to an activating group) is 1. The first-order chi connectivity index (χ1) is 9.20. The van der Waals surface area contributed by atoms with E-state index in [0.29, 0.717) is 5.92 Å². The quantitative estimate of drug-likeness (QED) is 0.861. The topological polar surface area (TPSA) is 12.0 Å². The molecular weight excluding hydrogens is 254 g/mol. The molecular formula is C17H20ClN. The van der Waals surface area contributed by atoms with E-state index in [1.54, 1.807) is 0 Å². The number of nitrogens with one attached hydrogen (secondary N) is 1. The fourth-order valence-electron chi connectivity index (χ4n) is 2.47. The van der Waals surface area contributed by atoms with Crippen molar-refractivity contribution >= 4 is 11.6 Å². The summed E-state index contributed by atoms with van der Waals surface area (Å²) in [5, 5.41) is 4.13. The second kappa shape index (κ2) is 6.74. The molecule has 2 heteroatoms. The lowest BCUT2D eigenvalue weighted by Crippen LogP contribution is -2.19. The Morgan fingerprint density at radius 1 is 1.11 bits per heavy atom. The largest absolute Gasteiger partial charge is 0.319 e. The molecule has 19 heavy (non-hydrogen) atoms. The summed E-state index contributed by atoms with van der Waals surface area (Å²) in [5.74, 6) is 0.403. The molecule has 1 nitrogen and oxygen atoms in total. The van der Waals surface area contributed by atoms with Gasteiger partial charge in [-0.3, -0.25) is 0 Å². The molecule has 2 rings (SSSR count). The minimum absolute atomic E-state index is 0.403. The van der Waals surface area contributed by atoms with E-state index < -0.39 is 0 Å². The van der Waals surface area contributed by atoms with Gasteiger partial charge in [-0.15, -0.1) is 0 Å². The third kappa shape index (κ3) is 3.82. The monoisotopic (exact) mass is 273 g/mol. The molecule has 100 valence electrons. The Morgan fingerprint density at radius 3 is 2.58 bits per heavy atom. The van der Waals surface area contributed by atoms with Crippen LogP contribution >= 0.6 is 11.6 Å². The number of hydrogen-bond acceptors (Lipinski definition) is 1. The molecule has 0 heterocycles. The molecule has 0 spiro atoms. The Balaban J connectivity index is 2.24. The van der Waals surface area contributed by atoms with Crippen LogP contribution in [0, 0.1) is 6.92 Å². The maximum atomic E-state index is 6.32. The number of halogens is 1. The second-order valence-corrected chi connectivity index (χ2v) is 5.38. The Morgan fingerprint density at radius 2 is 1.89 bits per heavy atom. The van der Waals surface area contributed by atoms with Crippen molar-refractivity contribution in [2.45, 2.75) is 19.3 Å². The molecule has 0 aliphatic carbocycles. The van der Waals surface area contributed by atoms with Crippen LogP contribution in [0.4, 0.5) is 0 Å². The van der Waals surface area contributed by atoms with Gasteiger partial charge in [-0.25, -0.2) is 0 Å². The summed E-state index contributed by atoms with van der Waals surface area (Å²) in [6.07, 6.45) is 1.01. The summed E-state index contributed by atoms with van der Waals surface area (Å²) in [4.78, 5) is 0. The normalized spacial score (nSPS) is 12.4. The SMILES string of the molecule is CNCC(Cc1cccc(C)c1)c1ccccc1Cl. The van der Waals surface area contributed by atoms with Crippen molar-refractivity contribution in [3.05, 3.63) is 70.2 Å². The molecule has 2 aromatic carbocycles. The number of hydrogen-bond donors (Lipinski definition) is 1. The molecule has 0 saturated heterocycles. The van der Waals surface area contributed by atoms with Gasteiger partial charge < -0.3 is 5.32 Å². The van der Waals surface area contributed by atoms with E-state index in [9.17, 15) is 0 Å².